The summed E-state index contributed by atoms with van der Waals surface area (Å²) in [6.07, 6.45) is 0. The molecule has 5 heteroatoms. The van der Waals surface area contributed by atoms with Gasteiger partial charge in [-0.3, -0.25) is 4.79 Å². The van der Waals surface area contributed by atoms with Crippen LogP contribution in [0.2, 0.25) is 0 Å². The molecule has 0 unspecified atom stereocenters. The second-order valence-corrected chi connectivity index (χ2v) is 5.20. The summed E-state index contributed by atoms with van der Waals surface area (Å²) in [7, 11) is 1.56. The molecule has 0 aliphatic heterocycles. The molecule has 108 valence electrons. The third-order valence-electron chi connectivity index (χ3n) is 2.78. The van der Waals surface area contributed by atoms with Crippen molar-refractivity contribution in [2.75, 3.05) is 19.0 Å². The summed E-state index contributed by atoms with van der Waals surface area (Å²) < 4.78 is 5.24. The van der Waals surface area contributed by atoms with Crippen molar-refractivity contribution in [1.82, 2.24) is 0 Å². The highest BCUT2D eigenvalue weighted by Crippen LogP contribution is 2.27. The van der Waals surface area contributed by atoms with E-state index in [1.165, 1.54) is 11.3 Å². The average molecular weight is 301 g/mol. The van der Waals surface area contributed by atoms with Gasteiger partial charge in [0, 0.05) is 5.56 Å². The van der Waals surface area contributed by atoms with Crippen LogP contribution in [0.3, 0.4) is 0 Å². The van der Waals surface area contributed by atoms with Crippen LogP contribution >= 0.6 is 11.3 Å². The Balaban J connectivity index is 2.26. The van der Waals surface area contributed by atoms with Gasteiger partial charge in [0.25, 0.3) is 5.91 Å². The van der Waals surface area contributed by atoms with Gasteiger partial charge in [-0.05, 0) is 36.1 Å². The quantitative estimate of drug-likeness (QED) is 0.857. The molecular formula is C16H15NO3S. The normalized spacial score (nSPS) is 9.67. The molecule has 0 saturated heterocycles. The lowest BCUT2D eigenvalue weighted by Crippen LogP contribution is -2.12. The number of amides is 1. The molecule has 0 bridgehead atoms. The second-order valence-electron chi connectivity index (χ2n) is 4.28. The van der Waals surface area contributed by atoms with Crippen LogP contribution in [-0.4, -0.2) is 24.7 Å². The number of aryl methyl sites for hydroxylation is 1. The molecule has 21 heavy (non-hydrogen) atoms. The fraction of sp³-hybridized carbons (Fsp3) is 0.188. The van der Waals surface area contributed by atoms with E-state index in [0.717, 1.165) is 5.56 Å². The maximum atomic E-state index is 12.4. The standard InChI is InChI=1S/C16H15NO3S/c1-11-5-6-14(20-2)13(10-11)17-16(19)15-12(4-3-8-18)7-9-21-15/h5-7,9-10,18H,8H2,1-2H3,(H,17,19). The molecule has 0 fully saturated rings. The lowest BCUT2D eigenvalue weighted by molar-refractivity contribution is 0.103. The minimum Gasteiger partial charge on any atom is -0.495 e. The van der Waals surface area contributed by atoms with Gasteiger partial charge in [0.05, 0.1) is 12.8 Å². The van der Waals surface area contributed by atoms with Crippen molar-refractivity contribution in [3.05, 3.63) is 45.6 Å². The Morgan fingerprint density at radius 2 is 2.24 bits per heavy atom. The number of carbonyl (C=O) groups excluding carboxylic acids is 1. The maximum absolute atomic E-state index is 12.4. The van der Waals surface area contributed by atoms with Crippen LogP contribution in [-0.2, 0) is 0 Å². The second kappa shape index (κ2) is 6.93. The van der Waals surface area contributed by atoms with E-state index >= 15 is 0 Å². The third-order valence-corrected chi connectivity index (χ3v) is 3.69. The number of thiophene rings is 1. The number of hydrogen-bond acceptors (Lipinski definition) is 4. The number of carbonyl (C=O) groups is 1. The lowest BCUT2D eigenvalue weighted by atomic mass is 10.2. The van der Waals surface area contributed by atoms with E-state index in [1.54, 1.807) is 18.6 Å². The molecule has 0 atom stereocenters. The first kappa shape index (κ1) is 15.1. The highest BCUT2D eigenvalue weighted by molar-refractivity contribution is 7.12. The van der Waals surface area contributed by atoms with Crippen LogP contribution in [0.4, 0.5) is 5.69 Å². The van der Waals surface area contributed by atoms with Crippen molar-refractivity contribution in [3.8, 4) is 17.6 Å². The summed E-state index contributed by atoms with van der Waals surface area (Å²) in [4.78, 5) is 12.9. The predicted octanol–water partition coefficient (Wildman–Crippen LogP) is 2.66. The molecule has 0 spiro atoms. The first-order valence-electron chi connectivity index (χ1n) is 6.29. The Hall–Kier alpha value is -2.29. The molecule has 1 amide bonds. The van der Waals surface area contributed by atoms with E-state index in [0.29, 0.717) is 21.9 Å². The van der Waals surface area contributed by atoms with E-state index in [9.17, 15) is 4.79 Å². The van der Waals surface area contributed by atoms with E-state index in [1.807, 2.05) is 25.1 Å². The van der Waals surface area contributed by atoms with Gasteiger partial charge in [-0.2, -0.15) is 0 Å². The van der Waals surface area contributed by atoms with Gasteiger partial charge >= 0.3 is 0 Å². The SMILES string of the molecule is COc1ccc(C)cc1NC(=O)c1sccc1C#CCO. The fourth-order valence-electron chi connectivity index (χ4n) is 1.82. The Morgan fingerprint density at radius 1 is 1.43 bits per heavy atom. The maximum Gasteiger partial charge on any atom is 0.267 e. The summed E-state index contributed by atoms with van der Waals surface area (Å²) in [6.45, 7) is 1.71. The Morgan fingerprint density at radius 3 is 2.95 bits per heavy atom. The van der Waals surface area contributed by atoms with Crippen LogP contribution in [0.15, 0.2) is 29.6 Å². The highest BCUT2D eigenvalue weighted by Gasteiger charge is 2.14. The lowest BCUT2D eigenvalue weighted by Gasteiger charge is -2.10. The zero-order valence-corrected chi connectivity index (χ0v) is 12.6. The predicted molar refractivity (Wildman–Crippen MR) is 84.0 cm³/mol. The molecule has 0 aliphatic carbocycles. The van der Waals surface area contributed by atoms with Crippen LogP contribution in [0.25, 0.3) is 0 Å². The number of aliphatic hydroxyl groups is 1. The first-order valence-corrected chi connectivity index (χ1v) is 7.17. The van der Waals surface area contributed by atoms with Gasteiger partial charge in [-0.25, -0.2) is 0 Å². The molecule has 4 nitrogen and oxygen atoms in total. The van der Waals surface area contributed by atoms with Gasteiger partial charge < -0.3 is 15.2 Å². The van der Waals surface area contributed by atoms with Crippen LogP contribution in [0.1, 0.15) is 20.8 Å². The number of hydrogen-bond donors (Lipinski definition) is 2. The molecule has 1 aromatic carbocycles. The van der Waals surface area contributed by atoms with Gasteiger partial charge in [0.15, 0.2) is 0 Å². The Labute approximate surface area is 127 Å². The molecule has 2 aromatic rings. The fourth-order valence-corrected chi connectivity index (χ4v) is 2.56. The van der Waals surface area contributed by atoms with Crippen molar-refractivity contribution in [2.24, 2.45) is 0 Å². The number of benzene rings is 1. The number of ether oxygens (including phenoxy) is 1. The molecule has 2 N–H and O–H groups in total. The third kappa shape index (κ3) is 3.63. The molecule has 0 saturated carbocycles. The smallest absolute Gasteiger partial charge is 0.267 e. The summed E-state index contributed by atoms with van der Waals surface area (Å²) in [5.74, 6) is 5.68. The molecular weight excluding hydrogens is 286 g/mol. The highest BCUT2D eigenvalue weighted by atomic mass is 32.1. The molecule has 0 radical (unpaired) electrons. The van der Waals surface area contributed by atoms with Crippen molar-refractivity contribution in [2.45, 2.75) is 6.92 Å². The largest absolute Gasteiger partial charge is 0.495 e. The van der Waals surface area contributed by atoms with Crippen molar-refractivity contribution < 1.29 is 14.6 Å². The van der Waals surface area contributed by atoms with E-state index in [2.05, 4.69) is 17.2 Å². The van der Waals surface area contributed by atoms with Crippen molar-refractivity contribution in [1.29, 1.82) is 0 Å². The minimum atomic E-state index is -0.240. The number of rotatable bonds is 3. The van der Waals surface area contributed by atoms with Crippen molar-refractivity contribution >= 4 is 22.9 Å². The Kier molecular flexibility index (Phi) is 4.99. The van der Waals surface area contributed by atoms with E-state index in [4.69, 9.17) is 9.84 Å². The number of anilines is 1. The monoisotopic (exact) mass is 301 g/mol. The summed E-state index contributed by atoms with van der Waals surface area (Å²) in [6, 6.07) is 7.34. The van der Waals surface area contributed by atoms with Gasteiger partial charge in [-0.15, -0.1) is 11.3 Å². The topological polar surface area (TPSA) is 58.6 Å². The van der Waals surface area contributed by atoms with E-state index < -0.39 is 0 Å². The van der Waals surface area contributed by atoms with E-state index in [-0.39, 0.29) is 12.5 Å². The zero-order chi connectivity index (χ0) is 15.2. The molecule has 2 rings (SSSR count). The minimum absolute atomic E-state index is 0.234. The van der Waals surface area contributed by atoms with Crippen LogP contribution < -0.4 is 10.1 Å². The first-order chi connectivity index (χ1) is 10.2. The average Bonchev–Trinajstić information content (AvgIpc) is 2.94. The summed E-state index contributed by atoms with van der Waals surface area (Å²) in [5.41, 5.74) is 2.26. The number of methoxy groups -OCH3 is 1. The summed E-state index contributed by atoms with van der Waals surface area (Å²) in [5, 5.41) is 13.4. The number of nitrogens with one attached hydrogen (secondary N) is 1. The molecule has 1 aromatic heterocycles. The molecule has 1 heterocycles. The van der Waals surface area contributed by atoms with Gasteiger partial charge in [-0.1, -0.05) is 17.9 Å². The molecule has 0 aliphatic rings. The zero-order valence-electron chi connectivity index (χ0n) is 11.8. The van der Waals surface area contributed by atoms with Crippen molar-refractivity contribution in [3.63, 3.8) is 0 Å². The summed E-state index contributed by atoms with van der Waals surface area (Å²) >= 11 is 1.31. The van der Waals surface area contributed by atoms with Gasteiger partial charge in [0.2, 0.25) is 0 Å². The van der Waals surface area contributed by atoms with Crippen LogP contribution in [0.5, 0.6) is 5.75 Å². The number of aliphatic hydroxyl groups excluding tert-OH is 1. The van der Waals surface area contributed by atoms with Gasteiger partial charge in [0.1, 0.15) is 17.2 Å². The van der Waals surface area contributed by atoms with Crippen LogP contribution in [0, 0.1) is 18.8 Å². The Bertz CT molecular complexity index is 710.